The zero-order valence-corrected chi connectivity index (χ0v) is 17.3. The maximum absolute atomic E-state index is 13.1. The van der Waals surface area contributed by atoms with Gasteiger partial charge in [0.2, 0.25) is 5.88 Å². The van der Waals surface area contributed by atoms with Crippen LogP contribution < -0.4 is 0 Å². The van der Waals surface area contributed by atoms with E-state index in [0.717, 1.165) is 22.0 Å². The number of aryl methyl sites for hydroxylation is 1. The first-order valence-electron chi connectivity index (χ1n) is 10.5. The fourth-order valence-corrected chi connectivity index (χ4v) is 4.70. The molecule has 3 aromatic carbocycles. The molecule has 1 heterocycles. The molecule has 1 aliphatic carbocycles. The number of aromatic hydroxyl groups is 1. The van der Waals surface area contributed by atoms with Gasteiger partial charge in [-0.1, -0.05) is 78.9 Å². The fraction of sp³-hybridized carbons (Fsp3) is 0.192. The van der Waals surface area contributed by atoms with E-state index < -0.39 is 0 Å². The van der Waals surface area contributed by atoms with Crippen LogP contribution in [0.5, 0.6) is 5.88 Å². The zero-order valence-electron chi connectivity index (χ0n) is 17.3. The van der Waals surface area contributed by atoms with Gasteiger partial charge in [0, 0.05) is 17.3 Å². The summed E-state index contributed by atoms with van der Waals surface area (Å²) in [4.78, 5) is 13.1. The summed E-state index contributed by atoms with van der Waals surface area (Å²) in [6.45, 7) is 2.56. The van der Waals surface area contributed by atoms with E-state index in [1.807, 2.05) is 67.6 Å². The van der Waals surface area contributed by atoms with Crippen LogP contribution in [0.3, 0.4) is 0 Å². The van der Waals surface area contributed by atoms with Crippen LogP contribution in [-0.2, 0) is 16.8 Å². The number of para-hydroxylation sites is 1. The number of fused-ring (bicyclic) bond motifs is 1. The van der Waals surface area contributed by atoms with Crippen molar-refractivity contribution in [3.63, 3.8) is 0 Å². The van der Waals surface area contributed by atoms with Gasteiger partial charge in [-0.3, -0.25) is 4.79 Å². The molecule has 1 aliphatic rings. The molecule has 0 radical (unpaired) electrons. The molecule has 5 heteroatoms. The number of rotatable bonds is 5. The van der Waals surface area contributed by atoms with Crippen LogP contribution in [0, 0.1) is 5.92 Å². The minimum absolute atomic E-state index is 0.0356. The predicted octanol–water partition coefficient (Wildman–Crippen LogP) is 5.98. The quantitative estimate of drug-likeness (QED) is 0.412. The van der Waals surface area contributed by atoms with E-state index in [0.29, 0.717) is 18.7 Å². The van der Waals surface area contributed by atoms with E-state index in [4.69, 9.17) is 0 Å². The summed E-state index contributed by atoms with van der Waals surface area (Å²) in [6, 6.07) is 27.8. The van der Waals surface area contributed by atoms with E-state index in [2.05, 4.69) is 34.5 Å². The lowest BCUT2D eigenvalue weighted by atomic mass is 9.85. The number of benzene rings is 3. The second-order valence-electron chi connectivity index (χ2n) is 7.93. The molecule has 0 spiro atoms. The molecular formula is C26H23N3O2. The lowest BCUT2D eigenvalue weighted by Crippen LogP contribution is -2.16. The Morgan fingerprint density at radius 1 is 0.968 bits per heavy atom. The van der Waals surface area contributed by atoms with Gasteiger partial charge in [0.25, 0.3) is 5.91 Å². The molecule has 1 N–H and O–H groups in total. The first-order chi connectivity index (χ1) is 15.2. The minimum atomic E-state index is -0.377. The van der Waals surface area contributed by atoms with Gasteiger partial charge in [-0.2, -0.15) is 0 Å². The summed E-state index contributed by atoms with van der Waals surface area (Å²) < 4.78 is 1.77. The van der Waals surface area contributed by atoms with Crippen LogP contribution in [0.2, 0.25) is 0 Å². The first kappa shape index (κ1) is 19.2. The average Bonchev–Trinajstić information content (AvgIpc) is 3.53. The molecule has 1 fully saturated rings. The largest absolute Gasteiger partial charge is 0.493 e. The molecule has 4 aromatic rings. The van der Waals surface area contributed by atoms with Crippen LogP contribution in [0.4, 0.5) is 5.69 Å². The van der Waals surface area contributed by atoms with Crippen LogP contribution in [-0.4, -0.2) is 15.6 Å². The predicted molar refractivity (Wildman–Crippen MR) is 121 cm³/mol. The van der Waals surface area contributed by atoms with Crippen molar-refractivity contribution in [1.82, 2.24) is 4.57 Å². The summed E-state index contributed by atoms with van der Waals surface area (Å²) in [5, 5.41) is 19.7. The van der Waals surface area contributed by atoms with Gasteiger partial charge in [0.1, 0.15) is 0 Å². The Hall–Kier alpha value is -3.73. The molecule has 1 amide bonds. The summed E-state index contributed by atoms with van der Waals surface area (Å²) >= 11 is 0. The number of aromatic nitrogens is 1. The van der Waals surface area contributed by atoms with E-state index >= 15 is 0 Å². The van der Waals surface area contributed by atoms with E-state index in [1.54, 1.807) is 4.57 Å². The van der Waals surface area contributed by atoms with Crippen LogP contribution in [0.25, 0.3) is 10.9 Å². The normalized spacial score (nSPS) is 17.3. The van der Waals surface area contributed by atoms with E-state index in [1.165, 1.54) is 0 Å². The second kappa shape index (κ2) is 7.51. The summed E-state index contributed by atoms with van der Waals surface area (Å²) in [7, 11) is 0. The Morgan fingerprint density at radius 3 is 2.16 bits per heavy atom. The highest BCUT2D eigenvalue weighted by molar-refractivity contribution is 5.95. The Balaban J connectivity index is 1.50. The third kappa shape index (κ3) is 3.05. The Morgan fingerprint density at radius 2 is 1.55 bits per heavy atom. The van der Waals surface area contributed by atoms with Crippen LogP contribution >= 0.6 is 0 Å². The van der Waals surface area contributed by atoms with E-state index in [9.17, 15) is 9.90 Å². The molecule has 0 saturated heterocycles. The maximum atomic E-state index is 13.1. The highest BCUT2D eigenvalue weighted by atomic mass is 16.3. The van der Waals surface area contributed by atoms with Gasteiger partial charge in [-0.15, -0.1) is 10.2 Å². The van der Waals surface area contributed by atoms with Gasteiger partial charge in [0.15, 0.2) is 5.69 Å². The van der Waals surface area contributed by atoms with Crippen molar-refractivity contribution in [2.24, 2.45) is 16.1 Å². The van der Waals surface area contributed by atoms with Crippen molar-refractivity contribution in [3.8, 4) is 5.88 Å². The molecule has 1 aromatic heterocycles. The SMILES string of the molecule is CCn1c(O)c(N=NC(=O)C2CC2(c2ccccc2)c2ccccc2)c2ccccc21. The van der Waals surface area contributed by atoms with Crippen molar-refractivity contribution in [1.29, 1.82) is 0 Å². The third-order valence-electron chi connectivity index (χ3n) is 6.32. The molecule has 0 aliphatic heterocycles. The summed E-state index contributed by atoms with van der Waals surface area (Å²) in [6.07, 6.45) is 0.696. The number of amides is 1. The number of hydrogen-bond donors (Lipinski definition) is 1. The molecule has 0 bridgehead atoms. The standard InChI is InChI=1S/C26H23N3O2/c1-2-29-22-16-10-9-15-20(22)23(25(29)31)27-28-24(30)21-17-26(21,18-11-5-3-6-12-18)19-13-7-4-8-14-19/h3-16,21,31H,2,17H2,1H3. The molecule has 154 valence electrons. The first-order valence-corrected chi connectivity index (χ1v) is 10.5. The Bertz CT molecular complexity index is 1240. The molecular weight excluding hydrogens is 386 g/mol. The second-order valence-corrected chi connectivity index (χ2v) is 7.93. The number of hydrogen-bond acceptors (Lipinski definition) is 3. The summed E-state index contributed by atoms with van der Waals surface area (Å²) in [5.74, 6) is -0.503. The van der Waals surface area contributed by atoms with Crippen molar-refractivity contribution in [3.05, 3.63) is 96.1 Å². The van der Waals surface area contributed by atoms with Gasteiger partial charge >= 0.3 is 0 Å². The van der Waals surface area contributed by atoms with Gasteiger partial charge in [-0.05, 0) is 30.5 Å². The topological polar surface area (TPSA) is 66.9 Å². The minimum Gasteiger partial charge on any atom is -0.493 e. The fourth-order valence-electron chi connectivity index (χ4n) is 4.70. The zero-order chi connectivity index (χ0) is 21.4. The smallest absolute Gasteiger partial charge is 0.269 e. The lowest BCUT2D eigenvalue weighted by Gasteiger charge is -2.17. The van der Waals surface area contributed by atoms with Crippen LogP contribution in [0.15, 0.2) is 95.2 Å². The Labute approximate surface area is 180 Å². The number of nitrogens with zero attached hydrogens (tertiary/aromatic N) is 3. The van der Waals surface area contributed by atoms with Crippen molar-refractivity contribution < 1.29 is 9.90 Å². The molecule has 1 atom stereocenters. The number of carbonyl (C=O) groups is 1. The molecule has 5 rings (SSSR count). The van der Waals surface area contributed by atoms with Crippen LogP contribution in [0.1, 0.15) is 24.5 Å². The molecule has 5 nitrogen and oxygen atoms in total. The number of azo groups is 1. The lowest BCUT2D eigenvalue weighted by molar-refractivity contribution is -0.119. The Kier molecular flexibility index (Phi) is 4.66. The third-order valence-corrected chi connectivity index (χ3v) is 6.32. The average molecular weight is 409 g/mol. The van der Waals surface area contributed by atoms with Crippen molar-refractivity contribution >= 4 is 22.5 Å². The highest BCUT2D eigenvalue weighted by Crippen LogP contribution is 2.59. The van der Waals surface area contributed by atoms with Gasteiger partial charge in [-0.25, -0.2) is 0 Å². The maximum Gasteiger partial charge on any atom is 0.269 e. The molecule has 1 unspecified atom stereocenters. The van der Waals surface area contributed by atoms with E-state index in [-0.39, 0.29) is 23.1 Å². The molecule has 31 heavy (non-hydrogen) atoms. The highest BCUT2D eigenvalue weighted by Gasteiger charge is 2.60. The summed E-state index contributed by atoms with van der Waals surface area (Å²) in [5.41, 5.74) is 3.06. The van der Waals surface area contributed by atoms with Crippen molar-refractivity contribution in [2.75, 3.05) is 0 Å². The monoisotopic (exact) mass is 409 g/mol. The van der Waals surface area contributed by atoms with Crippen molar-refractivity contribution in [2.45, 2.75) is 25.3 Å². The number of carbonyl (C=O) groups excluding carboxylic acids is 1. The molecule has 1 saturated carbocycles. The van der Waals surface area contributed by atoms with Gasteiger partial charge < -0.3 is 9.67 Å². The van der Waals surface area contributed by atoms with Gasteiger partial charge in [0.05, 0.1) is 11.4 Å².